The van der Waals surface area contributed by atoms with Crippen LogP contribution >= 0.6 is 12.2 Å². The molecule has 0 aliphatic rings. The number of hydrazine groups is 1. The maximum atomic E-state index is 11.7. The third-order valence-electron chi connectivity index (χ3n) is 2.73. The fourth-order valence-electron chi connectivity index (χ4n) is 1.68. The number of thiocarbonyl (C=S) groups is 1. The molecule has 0 saturated heterocycles. The second kappa shape index (κ2) is 7.96. The molecule has 0 spiro atoms. The van der Waals surface area contributed by atoms with Crippen LogP contribution in [0, 0.1) is 0 Å². The van der Waals surface area contributed by atoms with Crippen LogP contribution in [0.5, 0.6) is 0 Å². The Kier molecular flexibility index (Phi) is 5.66. The lowest BCUT2D eigenvalue weighted by Gasteiger charge is -2.11. The zero-order valence-corrected chi connectivity index (χ0v) is 12.2. The highest BCUT2D eigenvalue weighted by Gasteiger charge is 2.05. The number of hydrogen-bond donors (Lipinski definition) is 3. The first-order valence-electron chi connectivity index (χ1n) is 6.55. The number of carbonyl (C=O) groups excluding carboxylic acids is 1. The lowest BCUT2D eigenvalue weighted by molar-refractivity contribution is 0.0938. The van der Waals surface area contributed by atoms with E-state index < -0.39 is 0 Å². The number of aromatic nitrogens is 1. The molecule has 0 fully saturated rings. The van der Waals surface area contributed by atoms with Crippen molar-refractivity contribution in [3.05, 3.63) is 66.0 Å². The third kappa shape index (κ3) is 5.19. The highest BCUT2D eigenvalue weighted by Crippen LogP contribution is 1.97. The predicted molar refractivity (Wildman–Crippen MR) is 85.6 cm³/mol. The molecule has 0 radical (unpaired) electrons. The Bertz CT molecular complexity index is 589. The van der Waals surface area contributed by atoms with Gasteiger partial charge in [0.05, 0.1) is 0 Å². The molecule has 2 aromatic rings. The van der Waals surface area contributed by atoms with Gasteiger partial charge in [0.25, 0.3) is 5.91 Å². The Morgan fingerprint density at radius 3 is 2.52 bits per heavy atom. The van der Waals surface area contributed by atoms with E-state index in [0.717, 1.165) is 6.42 Å². The monoisotopic (exact) mass is 300 g/mol. The minimum absolute atomic E-state index is 0.331. The number of rotatable bonds is 4. The van der Waals surface area contributed by atoms with Crippen LogP contribution in [0.25, 0.3) is 0 Å². The summed E-state index contributed by atoms with van der Waals surface area (Å²) in [5, 5.41) is 3.39. The Morgan fingerprint density at radius 2 is 1.81 bits per heavy atom. The van der Waals surface area contributed by atoms with E-state index in [1.165, 1.54) is 5.56 Å². The molecule has 108 valence electrons. The van der Waals surface area contributed by atoms with Crippen LogP contribution in [0.1, 0.15) is 16.1 Å². The molecular weight excluding hydrogens is 284 g/mol. The van der Waals surface area contributed by atoms with Crippen LogP contribution in [0.15, 0.2) is 54.7 Å². The van der Waals surface area contributed by atoms with Crippen molar-refractivity contribution in [2.24, 2.45) is 0 Å². The van der Waals surface area contributed by atoms with Gasteiger partial charge in [-0.25, -0.2) is 0 Å². The number of carbonyl (C=O) groups is 1. The minimum Gasteiger partial charge on any atom is -0.361 e. The first-order valence-corrected chi connectivity index (χ1v) is 6.95. The average Bonchev–Trinajstić information content (AvgIpc) is 2.54. The Balaban J connectivity index is 1.67. The summed E-state index contributed by atoms with van der Waals surface area (Å²) >= 11 is 5.08. The van der Waals surface area contributed by atoms with Gasteiger partial charge < -0.3 is 5.32 Å². The third-order valence-corrected chi connectivity index (χ3v) is 2.98. The molecule has 3 N–H and O–H groups in total. The van der Waals surface area contributed by atoms with Gasteiger partial charge >= 0.3 is 0 Å². The van der Waals surface area contributed by atoms with Gasteiger partial charge in [-0.3, -0.25) is 20.6 Å². The summed E-state index contributed by atoms with van der Waals surface area (Å²) in [4.78, 5) is 15.7. The van der Waals surface area contributed by atoms with Gasteiger partial charge in [0.1, 0.15) is 5.69 Å². The van der Waals surface area contributed by atoms with Crippen molar-refractivity contribution in [2.75, 3.05) is 6.54 Å². The van der Waals surface area contributed by atoms with Crippen LogP contribution in [0.2, 0.25) is 0 Å². The highest BCUT2D eigenvalue weighted by atomic mass is 32.1. The standard InChI is InChI=1S/C15H16N4OS/c20-14(13-8-4-5-10-16-13)18-19-15(21)17-11-9-12-6-2-1-3-7-12/h1-8,10H,9,11H2,(H,18,20)(H2,17,19,21). The number of nitrogens with one attached hydrogen (secondary N) is 3. The largest absolute Gasteiger partial charge is 0.361 e. The van der Waals surface area contributed by atoms with Crippen molar-refractivity contribution in [3.63, 3.8) is 0 Å². The molecule has 0 bridgehead atoms. The van der Waals surface area contributed by atoms with Crippen LogP contribution in [-0.2, 0) is 6.42 Å². The van der Waals surface area contributed by atoms with Gasteiger partial charge in [0, 0.05) is 12.7 Å². The zero-order chi connectivity index (χ0) is 14.9. The van der Waals surface area contributed by atoms with Crippen molar-refractivity contribution in [3.8, 4) is 0 Å². The topological polar surface area (TPSA) is 66.1 Å². The van der Waals surface area contributed by atoms with Crippen molar-refractivity contribution in [1.82, 2.24) is 21.2 Å². The fourth-order valence-corrected chi connectivity index (χ4v) is 1.84. The molecule has 2 rings (SSSR count). The first-order chi connectivity index (χ1) is 10.3. The molecule has 1 heterocycles. The SMILES string of the molecule is O=C(NNC(=S)NCCc1ccccc1)c1ccccn1. The number of benzene rings is 1. The average molecular weight is 300 g/mol. The second-order valence-corrected chi connectivity index (χ2v) is 4.69. The summed E-state index contributed by atoms with van der Waals surface area (Å²) < 4.78 is 0. The fraction of sp³-hybridized carbons (Fsp3) is 0.133. The summed E-state index contributed by atoms with van der Waals surface area (Å²) in [5.41, 5.74) is 6.70. The molecule has 0 aliphatic heterocycles. The van der Waals surface area contributed by atoms with Crippen molar-refractivity contribution < 1.29 is 4.79 Å². The van der Waals surface area contributed by atoms with Crippen LogP contribution in [-0.4, -0.2) is 22.5 Å². The summed E-state index contributed by atoms with van der Waals surface area (Å²) in [7, 11) is 0. The summed E-state index contributed by atoms with van der Waals surface area (Å²) in [5.74, 6) is -0.331. The first kappa shape index (κ1) is 14.9. The number of hydrogen-bond acceptors (Lipinski definition) is 3. The van der Waals surface area contributed by atoms with E-state index in [9.17, 15) is 4.79 Å². The molecule has 1 amide bonds. The molecule has 1 aromatic heterocycles. The maximum Gasteiger partial charge on any atom is 0.288 e. The molecule has 0 unspecified atom stereocenters. The zero-order valence-electron chi connectivity index (χ0n) is 11.4. The van der Waals surface area contributed by atoms with E-state index in [0.29, 0.717) is 17.4 Å². The van der Waals surface area contributed by atoms with E-state index in [-0.39, 0.29) is 5.91 Å². The van der Waals surface area contributed by atoms with E-state index in [1.54, 1.807) is 24.4 Å². The van der Waals surface area contributed by atoms with Crippen LogP contribution < -0.4 is 16.2 Å². The van der Waals surface area contributed by atoms with E-state index >= 15 is 0 Å². The van der Waals surface area contributed by atoms with Crippen molar-refractivity contribution >= 4 is 23.2 Å². The predicted octanol–water partition coefficient (Wildman–Crippen LogP) is 1.43. The van der Waals surface area contributed by atoms with Crippen molar-refractivity contribution in [1.29, 1.82) is 0 Å². The van der Waals surface area contributed by atoms with Crippen molar-refractivity contribution in [2.45, 2.75) is 6.42 Å². The molecule has 5 nitrogen and oxygen atoms in total. The normalized spacial score (nSPS) is 9.71. The minimum atomic E-state index is -0.331. The molecule has 0 aliphatic carbocycles. The quantitative estimate of drug-likeness (QED) is 0.589. The maximum absolute atomic E-state index is 11.7. The highest BCUT2D eigenvalue weighted by molar-refractivity contribution is 7.80. The van der Waals surface area contributed by atoms with Gasteiger partial charge in [0.2, 0.25) is 0 Å². The van der Waals surface area contributed by atoms with Crippen LogP contribution in [0.4, 0.5) is 0 Å². The lowest BCUT2D eigenvalue weighted by atomic mass is 10.1. The molecule has 21 heavy (non-hydrogen) atoms. The molecule has 0 saturated carbocycles. The summed E-state index contributed by atoms with van der Waals surface area (Å²) in [6.45, 7) is 0.690. The molecular formula is C15H16N4OS. The van der Waals surface area contributed by atoms with E-state index in [1.807, 2.05) is 18.2 Å². The lowest BCUT2D eigenvalue weighted by Crippen LogP contribution is -2.47. The van der Waals surface area contributed by atoms with Gasteiger partial charge in [-0.1, -0.05) is 36.4 Å². The summed E-state index contributed by atoms with van der Waals surface area (Å²) in [6.07, 6.45) is 2.42. The number of nitrogens with zero attached hydrogens (tertiary/aromatic N) is 1. The summed E-state index contributed by atoms with van der Waals surface area (Å²) in [6, 6.07) is 15.2. The van der Waals surface area contributed by atoms with Gasteiger partial charge in [-0.05, 0) is 36.3 Å². The second-order valence-electron chi connectivity index (χ2n) is 4.29. The Labute approximate surface area is 128 Å². The number of amides is 1. The Morgan fingerprint density at radius 1 is 1.05 bits per heavy atom. The van der Waals surface area contributed by atoms with Gasteiger partial charge in [-0.2, -0.15) is 0 Å². The van der Waals surface area contributed by atoms with Gasteiger partial charge in [-0.15, -0.1) is 0 Å². The van der Waals surface area contributed by atoms with Crippen LogP contribution in [0.3, 0.4) is 0 Å². The van der Waals surface area contributed by atoms with E-state index in [2.05, 4.69) is 33.3 Å². The smallest absolute Gasteiger partial charge is 0.288 e. The molecule has 6 heteroatoms. The van der Waals surface area contributed by atoms with Gasteiger partial charge in [0.15, 0.2) is 5.11 Å². The Hall–Kier alpha value is -2.47. The number of pyridine rings is 1. The molecule has 1 aromatic carbocycles. The van der Waals surface area contributed by atoms with E-state index in [4.69, 9.17) is 12.2 Å². The molecule has 0 atom stereocenters.